The molecule has 0 bridgehead atoms. The van der Waals surface area contributed by atoms with Crippen LogP contribution >= 0.6 is 0 Å². The van der Waals surface area contributed by atoms with Crippen LogP contribution in [0.15, 0.2) is 6.07 Å². The summed E-state index contributed by atoms with van der Waals surface area (Å²) in [5, 5.41) is 11.9. The van der Waals surface area contributed by atoms with Gasteiger partial charge in [-0.2, -0.15) is 5.10 Å². The lowest BCUT2D eigenvalue weighted by Crippen LogP contribution is -2.32. The number of nitrogens with zero attached hydrogens (tertiary/aromatic N) is 3. The van der Waals surface area contributed by atoms with Crippen LogP contribution in [0.3, 0.4) is 0 Å². The highest BCUT2D eigenvalue weighted by Gasteiger charge is 2.25. The number of fused-ring (bicyclic) bond motifs is 1. The standard InChI is InChI=1S/C20H33N5O/c1-8-9-21-10-11-22-19(26)15-12-16(13(2)3)23-18-17(15)14(4)24-25(18)20(5,6)7/h12-13,21H,8-11H2,1-7H3,(H,22,26). The SMILES string of the molecule is CCCNCCNC(=O)c1cc(C(C)C)nc2c1c(C)nn2C(C)(C)C. The van der Waals surface area contributed by atoms with E-state index in [2.05, 4.69) is 57.3 Å². The predicted octanol–water partition coefficient (Wildman–Crippen LogP) is 3.35. The van der Waals surface area contributed by atoms with Crippen LogP contribution in [0.25, 0.3) is 11.0 Å². The summed E-state index contributed by atoms with van der Waals surface area (Å²) in [6, 6.07) is 1.92. The Balaban J connectivity index is 2.44. The second-order valence-electron chi connectivity index (χ2n) is 8.12. The summed E-state index contributed by atoms with van der Waals surface area (Å²) in [6.07, 6.45) is 1.09. The molecular weight excluding hydrogens is 326 g/mol. The maximum atomic E-state index is 12.9. The number of aryl methyl sites for hydroxylation is 1. The lowest BCUT2D eigenvalue weighted by Gasteiger charge is -2.20. The number of hydrogen-bond acceptors (Lipinski definition) is 4. The van der Waals surface area contributed by atoms with E-state index < -0.39 is 0 Å². The fourth-order valence-corrected chi connectivity index (χ4v) is 2.91. The summed E-state index contributed by atoms with van der Waals surface area (Å²) in [6.45, 7) is 16.9. The third kappa shape index (κ3) is 4.41. The Kier molecular flexibility index (Phi) is 6.39. The van der Waals surface area contributed by atoms with Crippen molar-refractivity contribution in [3.63, 3.8) is 0 Å². The van der Waals surface area contributed by atoms with Crippen LogP contribution in [-0.4, -0.2) is 40.3 Å². The van der Waals surface area contributed by atoms with Crippen molar-refractivity contribution in [3.05, 3.63) is 23.0 Å². The first-order valence-electron chi connectivity index (χ1n) is 9.56. The molecular formula is C20H33N5O. The number of amides is 1. The average molecular weight is 360 g/mol. The molecule has 0 aliphatic rings. The normalized spacial score (nSPS) is 12.2. The van der Waals surface area contributed by atoms with Gasteiger partial charge in [-0.05, 0) is 52.6 Å². The first kappa shape index (κ1) is 20.4. The van der Waals surface area contributed by atoms with Gasteiger partial charge in [-0.3, -0.25) is 4.79 Å². The highest BCUT2D eigenvalue weighted by atomic mass is 16.1. The summed E-state index contributed by atoms with van der Waals surface area (Å²) in [5.41, 5.74) is 3.01. The molecule has 2 heterocycles. The van der Waals surface area contributed by atoms with Crippen molar-refractivity contribution in [2.45, 2.75) is 66.3 Å². The maximum absolute atomic E-state index is 12.9. The van der Waals surface area contributed by atoms with Crippen molar-refractivity contribution in [1.29, 1.82) is 0 Å². The van der Waals surface area contributed by atoms with Gasteiger partial charge in [0.1, 0.15) is 0 Å². The Hall–Kier alpha value is -1.95. The van der Waals surface area contributed by atoms with E-state index in [9.17, 15) is 4.79 Å². The third-order valence-corrected chi connectivity index (χ3v) is 4.32. The molecule has 6 heteroatoms. The molecule has 2 aromatic heterocycles. The van der Waals surface area contributed by atoms with Crippen molar-refractivity contribution < 1.29 is 4.79 Å². The highest BCUT2D eigenvalue weighted by molar-refractivity contribution is 6.06. The van der Waals surface area contributed by atoms with Crippen LogP contribution in [-0.2, 0) is 5.54 Å². The van der Waals surface area contributed by atoms with Gasteiger partial charge in [0, 0.05) is 18.8 Å². The molecule has 0 saturated carbocycles. The zero-order valence-corrected chi connectivity index (χ0v) is 17.2. The molecule has 0 radical (unpaired) electrons. The topological polar surface area (TPSA) is 71.8 Å². The van der Waals surface area contributed by atoms with E-state index in [1.54, 1.807) is 0 Å². The van der Waals surface area contributed by atoms with Gasteiger partial charge < -0.3 is 10.6 Å². The van der Waals surface area contributed by atoms with Crippen LogP contribution in [0.4, 0.5) is 0 Å². The minimum Gasteiger partial charge on any atom is -0.351 e. The molecule has 0 atom stereocenters. The number of carbonyl (C=O) groups excluding carboxylic acids is 1. The van der Waals surface area contributed by atoms with E-state index in [0.29, 0.717) is 12.1 Å². The first-order valence-corrected chi connectivity index (χ1v) is 9.56. The average Bonchev–Trinajstić information content (AvgIpc) is 2.91. The van der Waals surface area contributed by atoms with Gasteiger partial charge in [0.15, 0.2) is 5.65 Å². The maximum Gasteiger partial charge on any atom is 0.252 e. The monoisotopic (exact) mass is 359 g/mol. The molecule has 0 aliphatic heterocycles. The van der Waals surface area contributed by atoms with E-state index in [0.717, 1.165) is 41.9 Å². The van der Waals surface area contributed by atoms with Crippen molar-refractivity contribution in [1.82, 2.24) is 25.4 Å². The Labute approximate surface area is 156 Å². The van der Waals surface area contributed by atoms with Gasteiger partial charge in [0.2, 0.25) is 0 Å². The Morgan fingerprint density at radius 3 is 2.50 bits per heavy atom. The fourth-order valence-electron chi connectivity index (χ4n) is 2.91. The van der Waals surface area contributed by atoms with Gasteiger partial charge >= 0.3 is 0 Å². The van der Waals surface area contributed by atoms with Crippen LogP contribution < -0.4 is 10.6 Å². The number of carbonyl (C=O) groups is 1. The van der Waals surface area contributed by atoms with E-state index in [-0.39, 0.29) is 17.4 Å². The molecule has 2 rings (SSSR count). The number of rotatable bonds is 7. The van der Waals surface area contributed by atoms with Gasteiger partial charge in [0.25, 0.3) is 5.91 Å². The molecule has 1 amide bonds. The molecule has 0 spiro atoms. The van der Waals surface area contributed by atoms with E-state index in [4.69, 9.17) is 4.98 Å². The molecule has 26 heavy (non-hydrogen) atoms. The Morgan fingerprint density at radius 1 is 1.23 bits per heavy atom. The minimum atomic E-state index is -0.201. The summed E-state index contributed by atoms with van der Waals surface area (Å²) in [5.74, 6) is 0.176. The molecule has 0 aromatic carbocycles. The summed E-state index contributed by atoms with van der Waals surface area (Å²) >= 11 is 0. The molecule has 2 N–H and O–H groups in total. The lowest BCUT2D eigenvalue weighted by atomic mass is 10.0. The molecule has 2 aromatic rings. The highest BCUT2D eigenvalue weighted by Crippen LogP contribution is 2.28. The quantitative estimate of drug-likeness (QED) is 0.744. The molecule has 0 unspecified atom stereocenters. The molecule has 0 aliphatic carbocycles. The van der Waals surface area contributed by atoms with Gasteiger partial charge in [-0.15, -0.1) is 0 Å². The van der Waals surface area contributed by atoms with Crippen molar-refractivity contribution in [2.75, 3.05) is 19.6 Å². The first-order chi connectivity index (χ1) is 12.2. The molecule has 0 saturated heterocycles. The van der Waals surface area contributed by atoms with Crippen LogP contribution in [0.2, 0.25) is 0 Å². The Morgan fingerprint density at radius 2 is 1.92 bits per heavy atom. The molecule has 144 valence electrons. The smallest absolute Gasteiger partial charge is 0.252 e. The number of aromatic nitrogens is 3. The summed E-state index contributed by atoms with van der Waals surface area (Å²) < 4.78 is 1.93. The largest absolute Gasteiger partial charge is 0.351 e. The van der Waals surface area contributed by atoms with Crippen LogP contribution in [0.5, 0.6) is 0 Å². The summed E-state index contributed by atoms with van der Waals surface area (Å²) in [7, 11) is 0. The van der Waals surface area contributed by atoms with Gasteiger partial charge in [-0.1, -0.05) is 20.8 Å². The zero-order chi connectivity index (χ0) is 19.5. The number of nitrogens with one attached hydrogen (secondary N) is 2. The van der Waals surface area contributed by atoms with E-state index in [1.165, 1.54) is 0 Å². The van der Waals surface area contributed by atoms with Crippen LogP contribution in [0, 0.1) is 6.92 Å². The second kappa shape index (κ2) is 8.16. The van der Waals surface area contributed by atoms with E-state index in [1.807, 2.05) is 17.7 Å². The fraction of sp³-hybridized carbons (Fsp3) is 0.650. The van der Waals surface area contributed by atoms with Crippen LogP contribution in [0.1, 0.15) is 75.6 Å². The van der Waals surface area contributed by atoms with E-state index >= 15 is 0 Å². The minimum absolute atomic E-state index is 0.0610. The summed E-state index contributed by atoms with van der Waals surface area (Å²) in [4.78, 5) is 17.7. The lowest BCUT2D eigenvalue weighted by molar-refractivity contribution is 0.0955. The zero-order valence-electron chi connectivity index (χ0n) is 17.2. The molecule has 0 fully saturated rings. The van der Waals surface area contributed by atoms with Gasteiger partial charge in [0.05, 0.1) is 22.2 Å². The predicted molar refractivity (Wildman–Crippen MR) is 107 cm³/mol. The Bertz CT molecular complexity index is 771. The number of pyridine rings is 1. The van der Waals surface area contributed by atoms with Crippen molar-refractivity contribution >= 4 is 16.9 Å². The number of hydrogen-bond donors (Lipinski definition) is 2. The van der Waals surface area contributed by atoms with Crippen molar-refractivity contribution in [2.24, 2.45) is 0 Å². The van der Waals surface area contributed by atoms with Crippen molar-refractivity contribution in [3.8, 4) is 0 Å². The molecule has 6 nitrogen and oxygen atoms in total. The second-order valence-corrected chi connectivity index (χ2v) is 8.12. The van der Waals surface area contributed by atoms with Gasteiger partial charge in [-0.25, -0.2) is 9.67 Å². The third-order valence-electron chi connectivity index (χ3n) is 4.32.